The smallest absolute Gasteiger partial charge is 0.251 e. The summed E-state index contributed by atoms with van der Waals surface area (Å²) in [5.74, 6) is 0.0160. The van der Waals surface area contributed by atoms with Crippen LogP contribution in [0.4, 0.5) is 0 Å². The van der Waals surface area contributed by atoms with Crippen LogP contribution in [0.2, 0.25) is 0 Å². The lowest BCUT2D eigenvalue weighted by Crippen LogP contribution is -2.42. The fourth-order valence-electron chi connectivity index (χ4n) is 2.20. The molecule has 2 N–H and O–H groups in total. The molecule has 0 aliphatic carbocycles. The van der Waals surface area contributed by atoms with Crippen LogP contribution in [0.15, 0.2) is 28.7 Å². The number of hydrogen-bond acceptors (Lipinski definition) is 2. The molecule has 3 nitrogen and oxygen atoms in total. The van der Waals surface area contributed by atoms with E-state index in [-0.39, 0.29) is 23.7 Å². The molecule has 0 spiro atoms. The summed E-state index contributed by atoms with van der Waals surface area (Å²) >= 11 is 3.37. The van der Waals surface area contributed by atoms with E-state index in [4.69, 9.17) is 0 Å². The average molecular weight is 348 g/mol. The first kappa shape index (κ1) is 16.5. The molecule has 5 heteroatoms. The number of amides is 1. The van der Waals surface area contributed by atoms with Crippen molar-refractivity contribution in [3.8, 4) is 0 Å². The molecular formula is C14H20BrClN2O. The zero-order chi connectivity index (χ0) is 13.0. The quantitative estimate of drug-likeness (QED) is 0.882. The first-order valence-corrected chi connectivity index (χ1v) is 7.13. The molecule has 19 heavy (non-hydrogen) atoms. The van der Waals surface area contributed by atoms with E-state index in [2.05, 4.69) is 33.5 Å². The molecule has 1 aromatic carbocycles. The van der Waals surface area contributed by atoms with E-state index >= 15 is 0 Å². The number of piperidine rings is 1. The lowest BCUT2D eigenvalue weighted by molar-refractivity contribution is 0.0922. The molecule has 0 radical (unpaired) electrons. The van der Waals surface area contributed by atoms with Crippen molar-refractivity contribution in [1.29, 1.82) is 0 Å². The molecule has 0 saturated carbocycles. The van der Waals surface area contributed by atoms with Gasteiger partial charge in [-0.25, -0.2) is 0 Å². The van der Waals surface area contributed by atoms with Gasteiger partial charge >= 0.3 is 0 Å². The van der Waals surface area contributed by atoms with Gasteiger partial charge in [-0.05, 0) is 55.6 Å². The Morgan fingerprint density at radius 1 is 1.32 bits per heavy atom. The van der Waals surface area contributed by atoms with E-state index in [9.17, 15) is 4.79 Å². The second kappa shape index (κ2) is 7.27. The van der Waals surface area contributed by atoms with E-state index in [0.717, 1.165) is 42.5 Å². The molecule has 106 valence electrons. The van der Waals surface area contributed by atoms with Gasteiger partial charge in [0.05, 0.1) is 0 Å². The van der Waals surface area contributed by atoms with Gasteiger partial charge in [0.2, 0.25) is 0 Å². The van der Waals surface area contributed by atoms with Crippen LogP contribution in [0.3, 0.4) is 0 Å². The summed E-state index contributed by atoms with van der Waals surface area (Å²) in [5, 5.41) is 6.39. The minimum atomic E-state index is 0. The van der Waals surface area contributed by atoms with Gasteiger partial charge in [-0.3, -0.25) is 4.79 Å². The highest BCUT2D eigenvalue weighted by molar-refractivity contribution is 9.10. The molecule has 0 bridgehead atoms. The van der Waals surface area contributed by atoms with Gasteiger partial charge in [0.1, 0.15) is 0 Å². The van der Waals surface area contributed by atoms with Gasteiger partial charge < -0.3 is 10.6 Å². The molecule has 1 amide bonds. The fourth-order valence-corrected chi connectivity index (χ4v) is 2.47. The molecule has 0 aromatic heterocycles. The summed E-state index contributed by atoms with van der Waals surface area (Å²) in [5.41, 5.74) is 0.951. The molecule has 0 unspecified atom stereocenters. The Labute approximate surface area is 129 Å². The minimum Gasteiger partial charge on any atom is -0.351 e. The van der Waals surface area contributed by atoms with Crippen LogP contribution in [0, 0.1) is 5.41 Å². The first-order valence-electron chi connectivity index (χ1n) is 6.34. The molecule has 1 fully saturated rings. The van der Waals surface area contributed by atoms with E-state index in [1.165, 1.54) is 0 Å². The van der Waals surface area contributed by atoms with Gasteiger partial charge in [0.15, 0.2) is 0 Å². The minimum absolute atomic E-state index is 0. The molecule has 1 aliphatic heterocycles. The highest BCUT2D eigenvalue weighted by atomic mass is 79.9. The van der Waals surface area contributed by atoms with Crippen molar-refractivity contribution in [3.05, 3.63) is 34.3 Å². The van der Waals surface area contributed by atoms with Crippen LogP contribution >= 0.6 is 28.3 Å². The number of rotatable bonds is 3. The number of nitrogens with one attached hydrogen (secondary N) is 2. The second-order valence-corrected chi connectivity index (χ2v) is 6.17. The van der Waals surface area contributed by atoms with Crippen molar-refractivity contribution in [2.75, 3.05) is 19.6 Å². The van der Waals surface area contributed by atoms with Crippen molar-refractivity contribution in [2.45, 2.75) is 19.8 Å². The highest BCUT2D eigenvalue weighted by Crippen LogP contribution is 2.26. The third-order valence-corrected chi connectivity index (χ3v) is 4.12. The average Bonchev–Trinajstić information content (AvgIpc) is 2.38. The Morgan fingerprint density at radius 3 is 2.47 bits per heavy atom. The zero-order valence-electron chi connectivity index (χ0n) is 11.0. The highest BCUT2D eigenvalue weighted by Gasteiger charge is 2.27. The number of carbonyl (C=O) groups is 1. The van der Waals surface area contributed by atoms with E-state index in [1.807, 2.05) is 24.3 Å². The maximum Gasteiger partial charge on any atom is 0.251 e. The summed E-state index contributed by atoms with van der Waals surface area (Å²) in [6.07, 6.45) is 2.24. The van der Waals surface area contributed by atoms with Crippen molar-refractivity contribution in [1.82, 2.24) is 10.6 Å². The molecule has 1 heterocycles. The van der Waals surface area contributed by atoms with Crippen LogP contribution in [0.1, 0.15) is 30.1 Å². The van der Waals surface area contributed by atoms with Crippen LogP contribution in [0.5, 0.6) is 0 Å². The molecule has 1 aromatic rings. The lowest BCUT2D eigenvalue weighted by atomic mass is 9.81. The molecule has 0 atom stereocenters. The number of benzene rings is 1. The van der Waals surface area contributed by atoms with Gasteiger partial charge in [-0.1, -0.05) is 22.9 Å². The summed E-state index contributed by atoms with van der Waals surface area (Å²) in [7, 11) is 0. The Bertz CT molecular complexity index is 416. The maximum atomic E-state index is 12.0. The fraction of sp³-hybridized carbons (Fsp3) is 0.500. The predicted molar refractivity (Wildman–Crippen MR) is 83.9 cm³/mol. The Hall–Kier alpha value is -0.580. The van der Waals surface area contributed by atoms with Crippen LogP contribution < -0.4 is 10.6 Å². The van der Waals surface area contributed by atoms with E-state index in [0.29, 0.717) is 0 Å². The van der Waals surface area contributed by atoms with Crippen molar-refractivity contribution >= 4 is 34.2 Å². The van der Waals surface area contributed by atoms with Crippen LogP contribution in [-0.4, -0.2) is 25.5 Å². The number of carbonyl (C=O) groups excluding carboxylic acids is 1. The van der Waals surface area contributed by atoms with Crippen LogP contribution in [0.25, 0.3) is 0 Å². The second-order valence-electron chi connectivity index (χ2n) is 5.25. The van der Waals surface area contributed by atoms with Crippen molar-refractivity contribution < 1.29 is 4.79 Å². The third-order valence-electron chi connectivity index (χ3n) is 3.59. The molecule has 1 aliphatic rings. The third kappa shape index (κ3) is 4.79. The molecule has 1 saturated heterocycles. The number of hydrogen-bond donors (Lipinski definition) is 2. The monoisotopic (exact) mass is 346 g/mol. The number of halogens is 2. The van der Waals surface area contributed by atoms with Gasteiger partial charge in [-0.2, -0.15) is 0 Å². The zero-order valence-corrected chi connectivity index (χ0v) is 13.4. The summed E-state index contributed by atoms with van der Waals surface area (Å²) in [6, 6.07) is 7.46. The van der Waals surface area contributed by atoms with Gasteiger partial charge in [0.25, 0.3) is 5.91 Å². The predicted octanol–water partition coefficient (Wildman–Crippen LogP) is 2.99. The molecule has 2 rings (SSSR count). The van der Waals surface area contributed by atoms with E-state index < -0.39 is 0 Å². The van der Waals surface area contributed by atoms with Crippen molar-refractivity contribution in [3.63, 3.8) is 0 Å². The lowest BCUT2D eigenvalue weighted by Gasteiger charge is -2.34. The van der Waals surface area contributed by atoms with Crippen molar-refractivity contribution in [2.24, 2.45) is 5.41 Å². The summed E-state index contributed by atoms with van der Waals surface area (Å²) in [6.45, 7) is 5.09. The van der Waals surface area contributed by atoms with Crippen LogP contribution in [-0.2, 0) is 0 Å². The Kier molecular flexibility index (Phi) is 6.30. The SMILES string of the molecule is CC1(CNC(=O)c2ccc(Br)cc2)CCNCC1.Cl. The molecular weight excluding hydrogens is 328 g/mol. The summed E-state index contributed by atoms with van der Waals surface area (Å²) in [4.78, 5) is 12.0. The Balaban J connectivity index is 0.00000180. The topological polar surface area (TPSA) is 41.1 Å². The van der Waals surface area contributed by atoms with Gasteiger partial charge in [0, 0.05) is 16.6 Å². The standard InChI is InChI=1S/C14H19BrN2O.ClH/c1-14(6-8-16-9-7-14)10-17-13(18)11-2-4-12(15)5-3-11;/h2-5,16H,6-10H2,1H3,(H,17,18);1H. The van der Waals surface area contributed by atoms with E-state index in [1.54, 1.807) is 0 Å². The maximum absolute atomic E-state index is 12.0. The Morgan fingerprint density at radius 2 is 1.89 bits per heavy atom. The first-order chi connectivity index (χ1) is 8.59. The largest absolute Gasteiger partial charge is 0.351 e. The normalized spacial score (nSPS) is 17.4. The summed E-state index contributed by atoms with van der Waals surface area (Å²) < 4.78 is 0.990. The van der Waals surface area contributed by atoms with Gasteiger partial charge in [-0.15, -0.1) is 12.4 Å².